The molecular formula is C22H24O2. The van der Waals surface area contributed by atoms with E-state index >= 15 is 0 Å². The Hall–Kier alpha value is -2.16. The van der Waals surface area contributed by atoms with Crippen LogP contribution in [0.4, 0.5) is 0 Å². The first-order valence-electron chi connectivity index (χ1n) is 8.44. The lowest BCUT2D eigenvalue weighted by Crippen LogP contribution is -2.46. The minimum absolute atomic E-state index is 0.677. The van der Waals surface area contributed by atoms with Gasteiger partial charge in [-0.15, -0.1) is 0 Å². The van der Waals surface area contributed by atoms with Gasteiger partial charge in [-0.3, -0.25) is 0 Å². The van der Waals surface area contributed by atoms with E-state index < -0.39 is 5.79 Å². The molecule has 0 unspecified atom stereocenters. The Bertz CT molecular complexity index is 828. The molecule has 2 nitrogen and oxygen atoms in total. The number of ether oxygens (including phenoxy) is 2. The normalized spacial score (nSPS) is 18.2. The van der Waals surface area contributed by atoms with Crippen LogP contribution in [0.2, 0.25) is 0 Å². The van der Waals surface area contributed by atoms with Gasteiger partial charge in [-0.25, -0.2) is 0 Å². The predicted molar refractivity (Wildman–Crippen MR) is 99.0 cm³/mol. The SMILES string of the molecule is C=c1c(C2(c3ccccc3)OCCCO2)c(C)cc/c1=C/C=C\C. The summed E-state index contributed by atoms with van der Waals surface area (Å²) in [6.45, 7) is 9.81. The minimum atomic E-state index is -0.875. The van der Waals surface area contributed by atoms with Gasteiger partial charge in [-0.05, 0) is 36.3 Å². The monoisotopic (exact) mass is 320 g/mol. The van der Waals surface area contributed by atoms with Crippen molar-refractivity contribution in [3.8, 4) is 0 Å². The van der Waals surface area contributed by atoms with Crippen molar-refractivity contribution < 1.29 is 9.47 Å². The van der Waals surface area contributed by atoms with E-state index in [-0.39, 0.29) is 0 Å². The molecule has 124 valence electrons. The fraction of sp³-hybridized carbons (Fsp3) is 0.273. The van der Waals surface area contributed by atoms with Crippen LogP contribution in [0.1, 0.15) is 30.0 Å². The highest BCUT2D eigenvalue weighted by molar-refractivity contribution is 5.46. The summed E-state index contributed by atoms with van der Waals surface area (Å²) >= 11 is 0. The van der Waals surface area contributed by atoms with Gasteiger partial charge in [0.05, 0.1) is 13.2 Å². The molecule has 1 fully saturated rings. The van der Waals surface area contributed by atoms with Crippen molar-refractivity contribution in [3.63, 3.8) is 0 Å². The summed E-state index contributed by atoms with van der Waals surface area (Å²) in [5.41, 5.74) is 3.16. The minimum Gasteiger partial charge on any atom is -0.342 e. The summed E-state index contributed by atoms with van der Waals surface area (Å²) in [7, 11) is 0. The Morgan fingerprint density at radius 1 is 1.04 bits per heavy atom. The van der Waals surface area contributed by atoms with Crippen LogP contribution in [0.15, 0.2) is 54.6 Å². The molecule has 0 atom stereocenters. The molecule has 1 saturated heterocycles. The maximum atomic E-state index is 6.26. The molecule has 3 rings (SSSR count). The van der Waals surface area contributed by atoms with E-state index in [1.54, 1.807) is 0 Å². The molecule has 0 bridgehead atoms. The van der Waals surface area contributed by atoms with E-state index in [1.807, 2.05) is 37.3 Å². The number of benzene rings is 2. The summed E-state index contributed by atoms with van der Waals surface area (Å²) in [5, 5.41) is 2.04. The number of hydrogen-bond donors (Lipinski definition) is 0. The highest BCUT2D eigenvalue weighted by atomic mass is 16.7. The van der Waals surface area contributed by atoms with Gasteiger partial charge in [0, 0.05) is 11.1 Å². The zero-order chi connectivity index (χ0) is 17.0. The van der Waals surface area contributed by atoms with Crippen molar-refractivity contribution >= 4 is 12.7 Å². The molecule has 2 aromatic carbocycles. The van der Waals surface area contributed by atoms with Gasteiger partial charge in [0.1, 0.15) is 0 Å². The van der Waals surface area contributed by atoms with Crippen molar-refractivity contribution in [1.29, 1.82) is 0 Å². The van der Waals surface area contributed by atoms with E-state index in [0.29, 0.717) is 13.2 Å². The third kappa shape index (κ3) is 2.95. The molecule has 24 heavy (non-hydrogen) atoms. The Labute approximate surface area is 143 Å². The van der Waals surface area contributed by atoms with Gasteiger partial charge in [0.2, 0.25) is 5.79 Å². The number of hydrogen-bond acceptors (Lipinski definition) is 2. The molecule has 2 heteroatoms. The fourth-order valence-electron chi connectivity index (χ4n) is 3.24. The molecule has 1 heterocycles. The van der Waals surface area contributed by atoms with Crippen molar-refractivity contribution in [2.24, 2.45) is 0 Å². The van der Waals surface area contributed by atoms with Gasteiger partial charge in [0.15, 0.2) is 0 Å². The molecule has 0 spiro atoms. The second-order valence-corrected chi connectivity index (χ2v) is 6.05. The summed E-state index contributed by atoms with van der Waals surface area (Å²) in [6.07, 6.45) is 7.03. The maximum Gasteiger partial charge on any atom is 0.223 e. The third-order valence-corrected chi connectivity index (χ3v) is 4.41. The Kier molecular flexibility index (Phi) is 4.98. The summed E-state index contributed by atoms with van der Waals surface area (Å²) in [5.74, 6) is -0.875. The van der Waals surface area contributed by atoms with Crippen LogP contribution in [0.3, 0.4) is 0 Å². The number of allylic oxidation sites excluding steroid dienone is 2. The number of aryl methyl sites for hydroxylation is 1. The van der Waals surface area contributed by atoms with Crippen LogP contribution in [0.25, 0.3) is 12.7 Å². The van der Waals surface area contributed by atoms with E-state index in [4.69, 9.17) is 9.47 Å². The van der Waals surface area contributed by atoms with Crippen molar-refractivity contribution in [1.82, 2.24) is 0 Å². The first-order valence-corrected chi connectivity index (χ1v) is 8.44. The lowest BCUT2D eigenvalue weighted by molar-refractivity contribution is -0.250. The van der Waals surface area contributed by atoms with E-state index in [9.17, 15) is 0 Å². The van der Waals surface area contributed by atoms with Crippen LogP contribution in [0, 0.1) is 6.92 Å². The van der Waals surface area contributed by atoms with Crippen LogP contribution in [-0.2, 0) is 15.3 Å². The van der Waals surface area contributed by atoms with Crippen molar-refractivity contribution in [3.05, 3.63) is 81.7 Å². The average Bonchev–Trinajstić information content (AvgIpc) is 2.63. The first-order chi connectivity index (χ1) is 11.7. The standard InChI is InChI=1S/C22H24O2/c1-4-5-10-19-14-13-17(2)21(18(19)3)22(23-15-9-16-24-22)20-11-7-6-8-12-20/h4-8,10-14H,3,9,15-16H2,1-2H3/b5-4-,19-10-. The quantitative estimate of drug-likeness (QED) is 0.863. The van der Waals surface area contributed by atoms with E-state index in [2.05, 4.69) is 43.8 Å². The van der Waals surface area contributed by atoms with Crippen LogP contribution >= 0.6 is 0 Å². The Balaban J connectivity index is 2.29. The second-order valence-electron chi connectivity index (χ2n) is 6.05. The van der Waals surface area contributed by atoms with Gasteiger partial charge >= 0.3 is 0 Å². The Morgan fingerprint density at radius 3 is 2.42 bits per heavy atom. The molecule has 2 aromatic rings. The molecule has 0 radical (unpaired) electrons. The largest absolute Gasteiger partial charge is 0.342 e. The highest BCUT2D eigenvalue weighted by Gasteiger charge is 2.40. The van der Waals surface area contributed by atoms with Crippen LogP contribution < -0.4 is 10.4 Å². The lowest BCUT2D eigenvalue weighted by Gasteiger charge is -2.39. The number of rotatable bonds is 3. The zero-order valence-electron chi connectivity index (χ0n) is 14.4. The summed E-state index contributed by atoms with van der Waals surface area (Å²) in [6, 6.07) is 14.4. The average molecular weight is 320 g/mol. The third-order valence-electron chi connectivity index (χ3n) is 4.41. The molecule has 0 saturated carbocycles. The molecular weight excluding hydrogens is 296 g/mol. The van der Waals surface area contributed by atoms with Gasteiger partial charge in [0.25, 0.3) is 0 Å². The molecule has 0 N–H and O–H groups in total. The van der Waals surface area contributed by atoms with Gasteiger partial charge in [-0.2, -0.15) is 0 Å². The van der Waals surface area contributed by atoms with Crippen LogP contribution in [0.5, 0.6) is 0 Å². The molecule has 0 aromatic heterocycles. The second kappa shape index (κ2) is 7.16. The molecule has 0 amide bonds. The van der Waals surface area contributed by atoms with Crippen LogP contribution in [-0.4, -0.2) is 13.2 Å². The van der Waals surface area contributed by atoms with E-state index in [1.165, 1.54) is 0 Å². The molecule has 1 aliphatic heterocycles. The first kappa shape index (κ1) is 16.7. The van der Waals surface area contributed by atoms with Crippen molar-refractivity contribution in [2.75, 3.05) is 13.2 Å². The highest BCUT2D eigenvalue weighted by Crippen LogP contribution is 2.37. The zero-order valence-corrected chi connectivity index (χ0v) is 14.4. The van der Waals surface area contributed by atoms with Gasteiger partial charge in [-0.1, -0.05) is 67.3 Å². The lowest BCUT2D eigenvalue weighted by atomic mass is 9.90. The Morgan fingerprint density at radius 2 is 1.75 bits per heavy atom. The molecule has 0 aliphatic carbocycles. The summed E-state index contributed by atoms with van der Waals surface area (Å²) < 4.78 is 12.5. The molecule has 1 aliphatic rings. The van der Waals surface area contributed by atoms with Gasteiger partial charge < -0.3 is 9.47 Å². The smallest absolute Gasteiger partial charge is 0.223 e. The summed E-state index contributed by atoms with van der Waals surface area (Å²) in [4.78, 5) is 0. The van der Waals surface area contributed by atoms with E-state index in [0.717, 1.165) is 33.5 Å². The fourth-order valence-corrected chi connectivity index (χ4v) is 3.24. The topological polar surface area (TPSA) is 18.5 Å². The predicted octanol–water partition coefficient (Wildman–Crippen LogP) is 3.40. The van der Waals surface area contributed by atoms with Crippen molar-refractivity contribution in [2.45, 2.75) is 26.1 Å². The maximum absolute atomic E-state index is 6.26.